The van der Waals surface area contributed by atoms with Gasteiger partial charge in [-0.1, -0.05) is 25.2 Å². The van der Waals surface area contributed by atoms with Gasteiger partial charge in [0.15, 0.2) is 0 Å². The molecule has 5 amide bonds. The highest BCUT2D eigenvalue weighted by Gasteiger charge is 2.51. The highest BCUT2D eigenvalue weighted by atomic mass is 32.1. The number of amides is 5. The number of urea groups is 2. The van der Waals surface area contributed by atoms with Crippen molar-refractivity contribution in [3.8, 4) is 0 Å². The lowest BCUT2D eigenvalue weighted by Crippen LogP contribution is -2.57. The van der Waals surface area contributed by atoms with Gasteiger partial charge in [0.2, 0.25) is 0 Å². The van der Waals surface area contributed by atoms with E-state index in [4.69, 9.17) is 0 Å². The van der Waals surface area contributed by atoms with Gasteiger partial charge in [-0.25, -0.2) is 9.59 Å². The van der Waals surface area contributed by atoms with E-state index in [1.807, 2.05) is 13.8 Å². The maximum Gasteiger partial charge on any atom is 0.324 e. The zero-order chi connectivity index (χ0) is 18.2. The molecule has 2 aliphatic heterocycles. The summed E-state index contributed by atoms with van der Waals surface area (Å²) < 4.78 is 0. The second-order valence-electron chi connectivity index (χ2n) is 6.71. The van der Waals surface area contributed by atoms with Gasteiger partial charge in [-0.3, -0.25) is 9.69 Å². The molecule has 136 valence electrons. The van der Waals surface area contributed by atoms with E-state index in [1.54, 1.807) is 4.90 Å². The highest BCUT2D eigenvalue weighted by molar-refractivity contribution is 7.11. The molecule has 0 bridgehead atoms. The molecule has 0 aliphatic carbocycles. The summed E-state index contributed by atoms with van der Waals surface area (Å²) in [4.78, 5) is 39.0. The van der Waals surface area contributed by atoms with Crippen LogP contribution in [-0.2, 0) is 11.3 Å². The van der Waals surface area contributed by atoms with Crippen molar-refractivity contribution in [3.63, 3.8) is 0 Å². The van der Waals surface area contributed by atoms with E-state index in [1.165, 1.54) is 18.4 Å². The molecule has 0 atom stereocenters. The van der Waals surface area contributed by atoms with E-state index in [0.29, 0.717) is 38.4 Å². The van der Waals surface area contributed by atoms with Crippen molar-refractivity contribution in [3.05, 3.63) is 10.0 Å². The molecule has 0 aromatic carbocycles. The zero-order valence-electron chi connectivity index (χ0n) is 14.5. The highest BCUT2D eigenvalue weighted by Crippen LogP contribution is 2.28. The van der Waals surface area contributed by atoms with Gasteiger partial charge >= 0.3 is 12.1 Å². The average molecular weight is 366 g/mol. The van der Waals surface area contributed by atoms with E-state index >= 15 is 0 Å². The summed E-state index contributed by atoms with van der Waals surface area (Å²) >= 11 is 1.49. The van der Waals surface area contributed by atoms with Gasteiger partial charge in [0.05, 0.1) is 6.54 Å². The van der Waals surface area contributed by atoms with Crippen LogP contribution >= 0.6 is 11.3 Å². The van der Waals surface area contributed by atoms with Crippen molar-refractivity contribution in [2.75, 3.05) is 20.1 Å². The Kier molecular flexibility index (Phi) is 4.63. The van der Waals surface area contributed by atoms with Crippen LogP contribution in [0.15, 0.2) is 0 Å². The van der Waals surface area contributed by atoms with E-state index < -0.39 is 5.54 Å². The first-order valence-corrected chi connectivity index (χ1v) is 9.09. The van der Waals surface area contributed by atoms with Crippen LogP contribution in [-0.4, -0.2) is 63.6 Å². The quantitative estimate of drug-likeness (QED) is 0.773. The third-order valence-corrected chi connectivity index (χ3v) is 5.86. The number of carbonyl (C=O) groups excluding carboxylic acids is 3. The number of likely N-dealkylation sites (N-methyl/N-ethyl adjacent to an activating group) is 1. The summed E-state index contributed by atoms with van der Waals surface area (Å²) in [7, 11) is 1.47. The Morgan fingerprint density at radius 2 is 2.00 bits per heavy atom. The molecule has 9 nitrogen and oxygen atoms in total. The number of likely N-dealkylation sites (tertiary alicyclic amines) is 1. The number of piperidine rings is 1. The van der Waals surface area contributed by atoms with Gasteiger partial charge in [0.25, 0.3) is 5.91 Å². The van der Waals surface area contributed by atoms with Crippen LogP contribution in [0.25, 0.3) is 0 Å². The molecule has 10 heteroatoms. The van der Waals surface area contributed by atoms with E-state index in [0.717, 1.165) is 14.9 Å². The minimum atomic E-state index is -0.853. The molecule has 3 rings (SSSR count). The number of rotatable bonds is 3. The molecular weight excluding hydrogens is 344 g/mol. The summed E-state index contributed by atoms with van der Waals surface area (Å²) in [6.07, 6.45) is 0.845. The number of hydrogen-bond donors (Lipinski definition) is 2. The third kappa shape index (κ3) is 3.30. The molecule has 2 N–H and O–H groups in total. The summed E-state index contributed by atoms with van der Waals surface area (Å²) in [5.41, 5.74) is -0.853. The molecule has 1 aromatic heterocycles. The maximum absolute atomic E-state index is 12.3. The van der Waals surface area contributed by atoms with E-state index in [9.17, 15) is 14.4 Å². The lowest BCUT2D eigenvalue weighted by atomic mass is 9.87. The number of nitrogens with one attached hydrogen (secondary N) is 2. The number of hydrogen-bond acceptors (Lipinski definition) is 6. The number of aromatic nitrogens is 2. The molecule has 0 radical (unpaired) electrons. The third-order valence-electron chi connectivity index (χ3n) is 4.64. The van der Waals surface area contributed by atoms with E-state index in [2.05, 4.69) is 20.8 Å². The van der Waals surface area contributed by atoms with Crippen LogP contribution in [0.1, 0.15) is 42.6 Å². The van der Waals surface area contributed by atoms with Crippen molar-refractivity contribution in [2.24, 2.45) is 0 Å². The first-order valence-electron chi connectivity index (χ1n) is 8.28. The van der Waals surface area contributed by atoms with Crippen LogP contribution in [0, 0.1) is 0 Å². The minimum Gasteiger partial charge on any atom is -0.331 e. The van der Waals surface area contributed by atoms with Gasteiger partial charge in [-0.05, 0) is 12.8 Å². The Hall–Kier alpha value is -2.23. The van der Waals surface area contributed by atoms with Gasteiger partial charge in [0, 0.05) is 26.1 Å². The second-order valence-corrected chi connectivity index (χ2v) is 7.80. The van der Waals surface area contributed by atoms with Crippen LogP contribution in [0.2, 0.25) is 0 Å². The van der Waals surface area contributed by atoms with Gasteiger partial charge in [-0.15, -0.1) is 10.2 Å². The molecule has 0 unspecified atom stereocenters. The average Bonchev–Trinajstić information content (AvgIpc) is 3.14. The Labute approximate surface area is 149 Å². The first-order chi connectivity index (χ1) is 11.8. The molecule has 1 spiro atoms. The van der Waals surface area contributed by atoms with Gasteiger partial charge in [0.1, 0.15) is 15.6 Å². The number of carbonyl (C=O) groups is 3. The Balaban J connectivity index is 1.52. The van der Waals surface area contributed by atoms with Crippen molar-refractivity contribution in [1.82, 2.24) is 30.6 Å². The van der Waals surface area contributed by atoms with Crippen LogP contribution in [0.5, 0.6) is 0 Å². The summed E-state index contributed by atoms with van der Waals surface area (Å²) in [5, 5.41) is 15.5. The molecule has 3 heterocycles. The molecule has 2 saturated heterocycles. The van der Waals surface area contributed by atoms with Crippen molar-refractivity contribution in [2.45, 2.75) is 44.7 Å². The fraction of sp³-hybridized carbons (Fsp3) is 0.667. The topological polar surface area (TPSA) is 108 Å². The molecular formula is C15H22N6O3S. The molecule has 1 aromatic rings. The predicted molar refractivity (Wildman–Crippen MR) is 91.1 cm³/mol. The number of imide groups is 1. The summed E-state index contributed by atoms with van der Waals surface area (Å²) in [6, 6.07) is -0.568. The Bertz CT molecular complexity index is 695. The molecule has 0 saturated carbocycles. The molecule has 2 aliphatic rings. The summed E-state index contributed by atoms with van der Waals surface area (Å²) in [5.74, 6) is 0.102. The van der Waals surface area contributed by atoms with Crippen LogP contribution < -0.4 is 10.6 Å². The van der Waals surface area contributed by atoms with Crippen LogP contribution in [0.4, 0.5) is 9.59 Å². The Morgan fingerprint density at radius 1 is 1.32 bits per heavy atom. The van der Waals surface area contributed by atoms with Gasteiger partial charge in [-0.2, -0.15) is 0 Å². The summed E-state index contributed by atoms with van der Waals surface area (Å²) in [6.45, 7) is 5.27. The fourth-order valence-electron chi connectivity index (χ4n) is 3.02. The maximum atomic E-state index is 12.3. The van der Waals surface area contributed by atoms with Crippen LogP contribution in [0.3, 0.4) is 0 Å². The number of nitrogens with zero attached hydrogens (tertiary/aromatic N) is 4. The van der Waals surface area contributed by atoms with Gasteiger partial charge < -0.3 is 15.5 Å². The van der Waals surface area contributed by atoms with E-state index in [-0.39, 0.29) is 18.0 Å². The largest absolute Gasteiger partial charge is 0.331 e. The Morgan fingerprint density at radius 3 is 2.52 bits per heavy atom. The first kappa shape index (κ1) is 17.6. The fourth-order valence-corrected chi connectivity index (χ4v) is 3.80. The lowest BCUT2D eigenvalue weighted by molar-refractivity contribution is -0.131. The molecule has 25 heavy (non-hydrogen) atoms. The zero-order valence-corrected chi connectivity index (χ0v) is 15.4. The standard InChI is InChI=1S/C15H22N6O3S/c1-9(2)11-19-18-10(25-11)8-16-13(23)21-6-4-15(5-7-21)12(22)20(3)14(24)17-15/h9H,4-8H2,1-3H3,(H,16,23)(H,17,24). The monoisotopic (exact) mass is 366 g/mol. The molecule has 2 fully saturated rings. The SMILES string of the molecule is CC(C)c1nnc(CNC(=O)N2CCC3(CC2)NC(=O)N(C)C3=O)s1. The van der Waals surface area contributed by atoms with Crippen molar-refractivity contribution >= 4 is 29.3 Å². The smallest absolute Gasteiger partial charge is 0.324 e. The second kappa shape index (κ2) is 6.58. The minimum absolute atomic E-state index is 0.193. The van der Waals surface area contributed by atoms with Crippen molar-refractivity contribution < 1.29 is 14.4 Å². The van der Waals surface area contributed by atoms with Crippen molar-refractivity contribution in [1.29, 1.82) is 0 Å². The lowest BCUT2D eigenvalue weighted by Gasteiger charge is -2.37. The predicted octanol–water partition coefficient (Wildman–Crippen LogP) is 0.887. The normalized spacial score (nSPS) is 19.7.